The molecule has 194 valence electrons. The maximum Gasteiger partial charge on any atom is 0.407 e. The Labute approximate surface area is 215 Å². The van der Waals surface area contributed by atoms with Crippen molar-refractivity contribution in [1.29, 1.82) is 0 Å². The number of aromatic nitrogens is 5. The van der Waals surface area contributed by atoms with Crippen LogP contribution in [-0.2, 0) is 26.1 Å². The number of anilines is 2. The van der Waals surface area contributed by atoms with Crippen LogP contribution >= 0.6 is 0 Å². The average molecular weight is 505 g/mol. The quantitative estimate of drug-likeness (QED) is 0.541. The van der Waals surface area contributed by atoms with E-state index in [1.165, 1.54) is 11.9 Å². The van der Waals surface area contributed by atoms with Gasteiger partial charge in [0.15, 0.2) is 5.82 Å². The number of fused-ring (bicyclic) bond motifs is 2. The standard InChI is InChI=1S/C26H32N8O3/c1-16(2)32(4)23-13-17-18(20(28-23)15-31(3)26(36)37)14-34(25(17)35)21-11-8-9-19(27-21)24-30-29-22-10-6-5-7-12-33(22)24/h8-9,11,13,16H,5-7,10,12,14-15H2,1-4H3,(H,36,37). The van der Waals surface area contributed by atoms with Crippen LogP contribution in [0.15, 0.2) is 24.3 Å². The molecule has 0 saturated carbocycles. The van der Waals surface area contributed by atoms with Gasteiger partial charge in [0, 0.05) is 38.7 Å². The van der Waals surface area contributed by atoms with E-state index >= 15 is 0 Å². The van der Waals surface area contributed by atoms with Crippen LogP contribution in [0.25, 0.3) is 11.5 Å². The smallest absolute Gasteiger partial charge is 0.407 e. The highest BCUT2D eigenvalue weighted by Gasteiger charge is 2.34. The first-order valence-electron chi connectivity index (χ1n) is 12.7. The van der Waals surface area contributed by atoms with Gasteiger partial charge in [-0.1, -0.05) is 12.5 Å². The molecular weight excluding hydrogens is 472 g/mol. The van der Waals surface area contributed by atoms with Gasteiger partial charge in [-0.2, -0.15) is 0 Å². The first-order chi connectivity index (χ1) is 17.7. The van der Waals surface area contributed by atoms with Crippen molar-refractivity contribution in [3.63, 3.8) is 0 Å². The minimum absolute atomic E-state index is 0.0813. The van der Waals surface area contributed by atoms with E-state index < -0.39 is 6.09 Å². The molecule has 11 heteroatoms. The minimum atomic E-state index is -1.05. The first-order valence-corrected chi connectivity index (χ1v) is 12.7. The van der Waals surface area contributed by atoms with Crippen LogP contribution in [0.3, 0.4) is 0 Å². The van der Waals surface area contributed by atoms with E-state index in [-0.39, 0.29) is 25.0 Å². The largest absolute Gasteiger partial charge is 0.465 e. The monoisotopic (exact) mass is 504 g/mol. The molecule has 5 heterocycles. The average Bonchev–Trinajstić information content (AvgIpc) is 3.35. The first kappa shape index (κ1) is 24.7. The molecule has 0 spiro atoms. The summed E-state index contributed by atoms with van der Waals surface area (Å²) in [5.41, 5.74) is 2.49. The van der Waals surface area contributed by atoms with Gasteiger partial charge in [0.2, 0.25) is 0 Å². The van der Waals surface area contributed by atoms with Crippen LogP contribution in [0.5, 0.6) is 0 Å². The third kappa shape index (κ3) is 4.61. The third-order valence-electron chi connectivity index (χ3n) is 7.19. The van der Waals surface area contributed by atoms with E-state index in [2.05, 4.69) is 14.8 Å². The zero-order chi connectivity index (χ0) is 26.3. The van der Waals surface area contributed by atoms with Crippen molar-refractivity contribution in [3.05, 3.63) is 46.9 Å². The summed E-state index contributed by atoms with van der Waals surface area (Å²) in [7, 11) is 3.41. The van der Waals surface area contributed by atoms with E-state index in [9.17, 15) is 14.7 Å². The predicted molar refractivity (Wildman–Crippen MR) is 139 cm³/mol. The molecule has 11 nitrogen and oxygen atoms in total. The molecule has 0 bridgehead atoms. The van der Waals surface area contributed by atoms with Crippen molar-refractivity contribution in [1.82, 2.24) is 29.6 Å². The van der Waals surface area contributed by atoms with Crippen molar-refractivity contribution in [2.45, 2.75) is 65.2 Å². The van der Waals surface area contributed by atoms with Crippen molar-refractivity contribution in [2.75, 3.05) is 23.9 Å². The summed E-state index contributed by atoms with van der Waals surface area (Å²) >= 11 is 0. The molecule has 0 fully saturated rings. The zero-order valence-electron chi connectivity index (χ0n) is 21.7. The Hall–Kier alpha value is -4.02. The summed E-state index contributed by atoms with van der Waals surface area (Å²) in [5, 5.41) is 18.3. The van der Waals surface area contributed by atoms with Crippen molar-refractivity contribution >= 4 is 23.6 Å². The summed E-state index contributed by atoms with van der Waals surface area (Å²) in [5.74, 6) is 2.66. The highest BCUT2D eigenvalue weighted by molar-refractivity contribution is 6.10. The van der Waals surface area contributed by atoms with Gasteiger partial charge < -0.3 is 19.5 Å². The molecule has 37 heavy (non-hydrogen) atoms. The third-order valence-corrected chi connectivity index (χ3v) is 7.19. The van der Waals surface area contributed by atoms with Crippen LogP contribution in [0.4, 0.5) is 16.4 Å². The van der Waals surface area contributed by atoms with E-state index in [1.54, 1.807) is 11.0 Å². The molecule has 3 aromatic heterocycles. The number of pyridine rings is 2. The number of carboxylic acid groups (broad SMARTS) is 1. The number of carbonyl (C=O) groups is 2. The van der Waals surface area contributed by atoms with Gasteiger partial charge in [0.1, 0.15) is 23.2 Å². The molecule has 2 aliphatic heterocycles. The summed E-state index contributed by atoms with van der Waals surface area (Å²) in [6, 6.07) is 7.53. The molecule has 5 rings (SSSR count). The van der Waals surface area contributed by atoms with Crippen molar-refractivity contribution in [3.8, 4) is 11.5 Å². The Morgan fingerprint density at radius 2 is 1.95 bits per heavy atom. The molecular formula is C26H32N8O3. The molecule has 0 aliphatic carbocycles. The summed E-state index contributed by atoms with van der Waals surface area (Å²) in [6.45, 7) is 5.28. The van der Waals surface area contributed by atoms with Gasteiger partial charge in [-0.05, 0) is 44.9 Å². The summed E-state index contributed by atoms with van der Waals surface area (Å²) < 4.78 is 2.14. The number of carbonyl (C=O) groups excluding carboxylic acids is 1. The lowest BCUT2D eigenvalue weighted by molar-refractivity contribution is 0.0996. The maximum atomic E-state index is 13.7. The second-order valence-electron chi connectivity index (χ2n) is 9.97. The molecule has 1 N–H and O–H groups in total. The summed E-state index contributed by atoms with van der Waals surface area (Å²) in [4.78, 5) is 39.6. The molecule has 0 radical (unpaired) electrons. The normalized spacial score (nSPS) is 14.9. The SMILES string of the molecule is CC(C)N(C)c1cc2c(c(CN(C)C(=O)O)n1)CN(c1cccc(-c3nnc4n3CCCCC4)n1)C2=O. The molecule has 3 aromatic rings. The Morgan fingerprint density at radius 3 is 2.70 bits per heavy atom. The number of hydrogen-bond acceptors (Lipinski definition) is 7. The van der Waals surface area contributed by atoms with Gasteiger partial charge in [0.25, 0.3) is 5.91 Å². The Balaban J connectivity index is 1.51. The van der Waals surface area contributed by atoms with Gasteiger partial charge >= 0.3 is 6.09 Å². The number of hydrogen-bond donors (Lipinski definition) is 1. The van der Waals surface area contributed by atoms with Gasteiger partial charge in [-0.15, -0.1) is 10.2 Å². The van der Waals surface area contributed by atoms with Crippen LogP contribution < -0.4 is 9.80 Å². The second-order valence-corrected chi connectivity index (χ2v) is 9.97. The molecule has 0 atom stereocenters. The van der Waals surface area contributed by atoms with Gasteiger partial charge in [-0.3, -0.25) is 9.69 Å². The Morgan fingerprint density at radius 1 is 1.14 bits per heavy atom. The van der Waals surface area contributed by atoms with Crippen LogP contribution in [0, 0.1) is 0 Å². The number of nitrogens with zero attached hydrogens (tertiary/aromatic N) is 8. The lowest BCUT2D eigenvalue weighted by Gasteiger charge is -2.24. The van der Waals surface area contributed by atoms with Gasteiger partial charge in [0.05, 0.1) is 24.3 Å². The fourth-order valence-electron chi connectivity index (χ4n) is 4.78. The van der Waals surface area contributed by atoms with Crippen molar-refractivity contribution in [2.24, 2.45) is 0 Å². The van der Waals surface area contributed by atoms with E-state index in [1.807, 2.05) is 44.0 Å². The number of rotatable bonds is 6. The highest BCUT2D eigenvalue weighted by atomic mass is 16.4. The molecule has 0 saturated heterocycles. The fourth-order valence-corrected chi connectivity index (χ4v) is 4.78. The minimum Gasteiger partial charge on any atom is -0.465 e. The topological polar surface area (TPSA) is 121 Å². The highest BCUT2D eigenvalue weighted by Crippen LogP contribution is 2.33. The van der Waals surface area contributed by atoms with E-state index in [4.69, 9.17) is 9.97 Å². The molecule has 2 aliphatic rings. The van der Waals surface area contributed by atoms with Crippen LogP contribution in [0.2, 0.25) is 0 Å². The second kappa shape index (κ2) is 9.79. The summed E-state index contributed by atoms with van der Waals surface area (Å²) in [6.07, 6.45) is 3.19. The zero-order valence-corrected chi connectivity index (χ0v) is 21.7. The maximum absolute atomic E-state index is 13.7. The van der Waals surface area contributed by atoms with Crippen LogP contribution in [-0.4, -0.2) is 66.9 Å². The molecule has 0 aromatic carbocycles. The molecule has 2 amide bonds. The Bertz CT molecular complexity index is 1350. The molecule has 0 unspecified atom stereocenters. The van der Waals surface area contributed by atoms with Crippen LogP contribution in [0.1, 0.15) is 60.5 Å². The predicted octanol–water partition coefficient (Wildman–Crippen LogP) is 3.58. The number of aryl methyl sites for hydroxylation is 1. The lowest BCUT2D eigenvalue weighted by atomic mass is 10.1. The Kier molecular flexibility index (Phi) is 6.53. The van der Waals surface area contributed by atoms with Crippen molar-refractivity contribution < 1.29 is 14.7 Å². The lowest BCUT2D eigenvalue weighted by Crippen LogP contribution is -2.29. The fraction of sp³-hybridized carbons (Fsp3) is 0.462. The number of amides is 2. The van der Waals surface area contributed by atoms with E-state index in [0.717, 1.165) is 43.6 Å². The van der Waals surface area contributed by atoms with E-state index in [0.29, 0.717) is 34.4 Å². The van der Waals surface area contributed by atoms with Gasteiger partial charge in [-0.25, -0.2) is 14.8 Å².